The number of phenols is 1. The lowest BCUT2D eigenvalue weighted by atomic mass is 9.99. The van der Waals surface area contributed by atoms with Crippen LogP contribution in [0.5, 0.6) is 5.75 Å². The standard InChI is InChI=1S/C91H141N23O28/c1-43(2)29-57(80(130)106-62(91(141)142)33-53-22-24-55(120)25-23-53)100-69(123)37-95-77(127)63(39-115)107-84(134)65(41-117)108-79(129)56(26-27-67(93)121)101-81(131)58(30-44(3)4)103-87(137)72(47(9)10)111-76(126)49(12)99-85(135)66-21-18-28-114(66)90(140)61(32-52-19-16-15-17-20-52)105-88(138)73(50(13)118)113-83(133)60(34-54-36-94-42-97-54)104-86(136)71(46(7)8)110-70(124)38-96-78(128)64(40-116)109-89(139)74(51(14)119)112-82(132)59(31-45(5)6)102-75(125)48(11)98-68(122)35-92/h15-17,19-20,22-25,36,42-51,56-66,71-74,115-120H,18,21,26-35,37-41,92H2,1-14H3,(H2,93,121)(H,94,97)(H,95,127)(H,96,128)(H,98,122)(H,99,135)(H,100,123)(H,101,131)(H,102,125)(H,103,137)(H,104,136)(H,105,138)(H,106,130)(H,107,134)(H,108,129)(H,109,139)(H,110,124)(H,111,126)(H,112,132)(H,113,133)(H,141,142)/t48-,49-,50+,51+,56-,57-,58-,59-,60-,61-,62-,63-,64-,65-,66-,71-,72-,73-,74-/m0/s1. The summed E-state index contributed by atoms with van der Waals surface area (Å²) in [4.78, 5) is 295. The molecule has 30 N–H and O–H groups in total. The summed E-state index contributed by atoms with van der Waals surface area (Å²) in [5.74, 6) is -23.9. The largest absolute Gasteiger partial charge is 0.508 e. The average Bonchev–Trinajstić information content (AvgIpc) is 1.69. The second-order valence-corrected chi connectivity index (χ2v) is 36.6. The zero-order chi connectivity index (χ0) is 107. The van der Waals surface area contributed by atoms with Crippen LogP contribution in [0.1, 0.15) is 159 Å². The molecule has 3 aromatic rings. The molecule has 0 bridgehead atoms. The number of aromatic nitrogens is 2. The monoisotopic (exact) mass is 2000 g/mol. The second kappa shape index (κ2) is 59.6. The lowest BCUT2D eigenvalue weighted by Gasteiger charge is -2.31. The van der Waals surface area contributed by atoms with E-state index in [1.807, 2.05) is 0 Å². The molecule has 19 atom stereocenters. The summed E-state index contributed by atoms with van der Waals surface area (Å²) in [6.07, 6.45) is -2.50. The Labute approximate surface area is 820 Å². The van der Waals surface area contributed by atoms with Crippen molar-refractivity contribution in [3.8, 4) is 5.75 Å². The highest BCUT2D eigenvalue weighted by Gasteiger charge is 2.44. The summed E-state index contributed by atoms with van der Waals surface area (Å²) in [5.41, 5.74) is 11.9. The molecule has 1 aliphatic heterocycles. The highest BCUT2D eigenvalue weighted by Crippen LogP contribution is 2.22. The first-order chi connectivity index (χ1) is 66.7. The van der Waals surface area contributed by atoms with Crippen LogP contribution in [0.2, 0.25) is 0 Å². The summed E-state index contributed by atoms with van der Waals surface area (Å²) in [5, 5.41) is 115. The van der Waals surface area contributed by atoms with Crippen LogP contribution >= 0.6 is 0 Å². The molecule has 1 saturated heterocycles. The van der Waals surface area contributed by atoms with Gasteiger partial charge >= 0.3 is 5.97 Å². The molecule has 4 rings (SSSR count). The number of carboxylic acid groups (broad SMARTS) is 1. The maximum Gasteiger partial charge on any atom is 0.326 e. The van der Waals surface area contributed by atoms with Crippen molar-refractivity contribution >= 4 is 124 Å². The molecular formula is C91H141N23O28. The van der Waals surface area contributed by atoms with Crippen LogP contribution in [0.25, 0.3) is 0 Å². The number of hydrogen-bond acceptors (Lipinski definition) is 29. The lowest BCUT2D eigenvalue weighted by Crippen LogP contribution is -2.62. The number of H-pyrrole nitrogens is 1. The molecular weight excluding hydrogens is 1860 g/mol. The highest BCUT2D eigenvalue weighted by atomic mass is 16.4. The third-order valence-corrected chi connectivity index (χ3v) is 22.3. The number of carbonyl (C=O) groups is 21. The van der Waals surface area contributed by atoms with E-state index in [1.54, 1.807) is 85.7 Å². The number of hydrogen-bond donors (Lipinski definition) is 28. The van der Waals surface area contributed by atoms with Gasteiger partial charge < -0.3 is 153 Å². The maximum atomic E-state index is 15.0. The Kier molecular flexibility index (Phi) is 50.5. The van der Waals surface area contributed by atoms with Crippen molar-refractivity contribution in [3.05, 3.63) is 83.9 Å². The van der Waals surface area contributed by atoms with Crippen molar-refractivity contribution < 1.29 is 136 Å². The molecule has 788 valence electrons. The molecule has 0 unspecified atom stereocenters. The number of nitrogens with one attached hydrogen (secondary N) is 19. The van der Waals surface area contributed by atoms with Crippen molar-refractivity contribution in [1.29, 1.82) is 0 Å². The Morgan fingerprint density at radius 1 is 0.408 bits per heavy atom. The summed E-state index contributed by atoms with van der Waals surface area (Å²) >= 11 is 0. The molecule has 142 heavy (non-hydrogen) atoms. The van der Waals surface area contributed by atoms with Crippen LogP contribution in [0.3, 0.4) is 0 Å². The van der Waals surface area contributed by atoms with Crippen LogP contribution in [0.15, 0.2) is 67.1 Å². The first-order valence-corrected chi connectivity index (χ1v) is 46.6. The Hall–Kier alpha value is -13.9. The minimum Gasteiger partial charge on any atom is -0.508 e. The van der Waals surface area contributed by atoms with Crippen LogP contribution in [-0.4, -0.2) is 336 Å². The smallest absolute Gasteiger partial charge is 0.326 e. The molecule has 1 aliphatic rings. The Morgan fingerprint density at radius 3 is 1.25 bits per heavy atom. The minimum atomic E-state index is -1.94. The van der Waals surface area contributed by atoms with Gasteiger partial charge in [-0.3, -0.25) is 95.9 Å². The molecule has 20 amide bonds. The fourth-order valence-electron chi connectivity index (χ4n) is 14.6. The number of phenolic OH excluding ortho intramolecular Hbond substituents is 1. The van der Waals surface area contributed by atoms with Gasteiger partial charge in [0.05, 0.1) is 63.7 Å². The number of nitrogens with zero attached hydrogens (tertiary/aromatic N) is 2. The molecule has 0 radical (unpaired) electrons. The third kappa shape index (κ3) is 40.7. The van der Waals surface area contributed by atoms with E-state index in [-0.39, 0.29) is 87.1 Å². The number of aromatic amines is 1. The number of carboxylic acids is 1. The van der Waals surface area contributed by atoms with E-state index in [0.717, 1.165) is 13.8 Å². The van der Waals surface area contributed by atoms with Gasteiger partial charge in [0.1, 0.15) is 108 Å². The van der Waals surface area contributed by atoms with E-state index in [4.69, 9.17) is 11.5 Å². The molecule has 1 aromatic heterocycles. The van der Waals surface area contributed by atoms with E-state index >= 15 is 4.79 Å². The van der Waals surface area contributed by atoms with E-state index in [9.17, 15) is 132 Å². The van der Waals surface area contributed by atoms with Gasteiger partial charge in [-0.25, -0.2) is 9.78 Å². The normalized spacial score (nSPS) is 16.2. The number of likely N-dealkylation sites (tertiary alicyclic amines) is 1. The van der Waals surface area contributed by atoms with Gasteiger partial charge in [-0.15, -0.1) is 0 Å². The van der Waals surface area contributed by atoms with E-state index < -0.39 is 303 Å². The van der Waals surface area contributed by atoms with Crippen molar-refractivity contribution in [3.63, 3.8) is 0 Å². The first kappa shape index (κ1) is 120. The molecule has 0 aliphatic carbocycles. The van der Waals surface area contributed by atoms with Gasteiger partial charge in [-0.05, 0) is 119 Å². The minimum absolute atomic E-state index is 0.00505. The van der Waals surface area contributed by atoms with Crippen LogP contribution in [0.4, 0.5) is 0 Å². The Balaban J connectivity index is 1.45. The van der Waals surface area contributed by atoms with Gasteiger partial charge in [-0.1, -0.05) is 112 Å². The number of aliphatic hydroxyl groups is 5. The number of aliphatic carboxylic acids is 1. The third-order valence-electron chi connectivity index (χ3n) is 22.3. The summed E-state index contributed by atoms with van der Waals surface area (Å²) in [7, 11) is 0. The maximum absolute atomic E-state index is 15.0. The Morgan fingerprint density at radius 2 is 0.789 bits per heavy atom. The second-order valence-electron chi connectivity index (χ2n) is 36.6. The van der Waals surface area contributed by atoms with Crippen molar-refractivity contribution in [2.24, 2.45) is 41.1 Å². The zero-order valence-corrected chi connectivity index (χ0v) is 82.0. The van der Waals surface area contributed by atoms with Crippen LogP contribution in [0, 0.1) is 29.6 Å². The average molecular weight is 2010 g/mol. The molecule has 2 aromatic carbocycles. The molecule has 2 heterocycles. The summed E-state index contributed by atoms with van der Waals surface area (Å²) in [6, 6.07) is -12.9. The summed E-state index contributed by atoms with van der Waals surface area (Å²) in [6.45, 7) is 15.6. The van der Waals surface area contributed by atoms with Crippen molar-refractivity contribution in [1.82, 2.24) is 111 Å². The van der Waals surface area contributed by atoms with Gasteiger partial charge in [0, 0.05) is 38.4 Å². The number of nitrogens with two attached hydrogens (primary N) is 2. The number of rotatable bonds is 60. The number of imidazole rings is 1. The van der Waals surface area contributed by atoms with Gasteiger partial charge in [0.2, 0.25) is 118 Å². The van der Waals surface area contributed by atoms with E-state index in [2.05, 4.69) is 106 Å². The lowest BCUT2D eigenvalue weighted by molar-refractivity contribution is -0.143. The number of benzene rings is 2. The van der Waals surface area contributed by atoms with Crippen molar-refractivity contribution in [2.75, 3.05) is 46.0 Å². The van der Waals surface area contributed by atoms with E-state index in [0.29, 0.717) is 11.1 Å². The SMILES string of the molecule is CC(C)C[C@H](NC(=O)CNC(=O)[C@H](CO)NC(=O)[C@H](CO)NC(=O)[C@H](CCC(N)=O)NC(=O)[C@H](CC(C)C)NC(=O)[C@@H](NC(=O)[C@H](C)NC(=O)[C@@H]1CCCN1C(=O)[C@H](Cc1ccccc1)NC(=O)[C@@H](NC(=O)[C@H](Cc1c[nH]cn1)NC(=O)[C@@H](NC(=O)CNC(=O)[C@H](CO)NC(=O)[C@@H](NC(=O)[C@H](CC(C)C)NC(=O)[C@H](C)NC(=O)CN)[C@@H](C)O)C(C)C)[C@@H](C)O)C(C)C)C(=O)N[C@@H](Cc1ccc(O)cc1)C(=O)O. The zero-order valence-electron chi connectivity index (χ0n) is 82.0. The first-order valence-electron chi connectivity index (χ1n) is 46.6. The number of aliphatic hydroxyl groups excluding tert-OH is 5. The van der Waals surface area contributed by atoms with Crippen LogP contribution in [-0.2, 0) is 120 Å². The molecule has 0 spiro atoms. The Bertz CT molecular complexity index is 4790. The van der Waals surface area contributed by atoms with Gasteiger partial charge in [0.25, 0.3) is 0 Å². The van der Waals surface area contributed by atoms with E-state index in [1.165, 1.54) is 69.4 Å². The highest BCUT2D eigenvalue weighted by molar-refractivity contribution is 6.02. The van der Waals surface area contributed by atoms with Crippen molar-refractivity contribution in [2.45, 2.75) is 276 Å². The predicted octanol–water partition coefficient (Wildman–Crippen LogP) is -9.34. The molecule has 51 nitrogen and oxygen atoms in total. The fraction of sp³-hybridized carbons (Fsp3) is 0.604. The topological polar surface area (TPSA) is 801 Å². The number of carbonyl (C=O) groups excluding carboxylic acids is 20. The quantitative estimate of drug-likeness (QED) is 0.0250. The predicted molar refractivity (Wildman–Crippen MR) is 505 cm³/mol. The molecule has 51 heteroatoms. The van der Waals surface area contributed by atoms with Crippen LogP contribution < -0.4 is 107 Å². The number of primary amides is 1. The molecule has 1 fully saturated rings. The van der Waals surface area contributed by atoms with Gasteiger partial charge in [0.15, 0.2) is 0 Å². The summed E-state index contributed by atoms with van der Waals surface area (Å²) < 4.78 is 0. The fourth-order valence-corrected chi connectivity index (χ4v) is 14.6. The van der Waals surface area contributed by atoms with Gasteiger partial charge in [-0.2, -0.15) is 0 Å². The molecule has 0 saturated carbocycles. The number of aromatic hydroxyl groups is 1. The number of amides is 20.